The van der Waals surface area contributed by atoms with Crippen LogP contribution in [0.5, 0.6) is 0 Å². The zero-order valence-electron chi connectivity index (χ0n) is 10.2. The van der Waals surface area contributed by atoms with Crippen molar-refractivity contribution in [1.82, 2.24) is 4.98 Å². The molecular weight excluding hydrogens is 234 g/mol. The van der Waals surface area contributed by atoms with Crippen molar-refractivity contribution < 1.29 is 19.1 Å². The first-order valence-corrected chi connectivity index (χ1v) is 5.91. The van der Waals surface area contributed by atoms with E-state index < -0.39 is 5.97 Å². The third-order valence-corrected chi connectivity index (χ3v) is 2.49. The minimum atomic E-state index is -0.965. The van der Waals surface area contributed by atoms with Gasteiger partial charge >= 0.3 is 5.97 Å². The highest BCUT2D eigenvalue weighted by Crippen LogP contribution is 2.17. The number of carbonyl (C=O) groups is 1. The van der Waals surface area contributed by atoms with E-state index in [1.807, 2.05) is 6.92 Å². The van der Waals surface area contributed by atoms with Gasteiger partial charge in [0.25, 0.3) is 0 Å². The summed E-state index contributed by atoms with van der Waals surface area (Å²) in [7, 11) is 0. The molecule has 1 aromatic carbocycles. The Labute approximate surface area is 104 Å². The Hall–Kier alpha value is -1.88. The molecule has 0 atom stereocenters. The Bertz CT molecular complexity index is 547. The topological polar surface area (TPSA) is 72.6 Å². The van der Waals surface area contributed by atoms with Crippen LogP contribution in [-0.2, 0) is 11.2 Å². The van der Waals surface area contributed by atoms with Gasteiger partial charge in [-0.25, -0.2) is 9.78 Å². The first-order chi connectivity index (χ1) is 8.70. The smallest absolute Gasteiger partial charge is 0.335 e. The maximum absolute atomic E-state index is 10.8. The molecule has 1 aromatic heterocycles. The number of aromatic nitrogens is 1. The Morgan fingerprint density at radius 3 is 3.00 bits per heavy atom. The van der Waals surface area contributed by atoms with Gasteiger partial charge in [-0.05, 0) is 24.6 Å². The lowest BCUT2D eigenvalue weighted by atomic mass is 10.2. The monoisotopic (exact) mass is 249 g/mol. The molecule has 18 heavy (non-hydrogen) atoms. The molecule has 5 heteroatoms. The summed E-state index contributed by atoms with van der Waals surface area (Å²) in [5, 5.41) is 8.87. The average molecular weight is 249 g/mol. The van der Waals surface area contributed by atoms with E-state index in [1.165, 1.54) is 12.1 Å². The second-order valence-electron chi connectivity index (χ2n) is 3.96. The number of benzene rings is 1. The van der Waals surface area contributed by atoms with Crippen molar-refractivity contribution in [1.29, 1.82) is 0 Å². The Balaban J connectivity index is 2.09. The summed E-state index contributed by atoms with van der Waals surface area (Å²) in [6.07, 6.45) is 1.58. The number of nitrogens with zero attached hydrogens (tertiary/aromatic N) is 1. The SMILES string of the molecule is CCCOCCc1nc2cc(C(=O)O)ccc2o1. The molecule has 2 rings (SSSR count). The fraction of sp³-hybridized carbons (Fsp3) is 0.385. The Kier molecular flexibility index (Phi) is 3.94. The average Bonchev–Trinajstić information content (AvgIpc) is 2.76. The summed E-state index contributed by atoms with van der Waals surface area (Å²) in [4.78, 5) is 15.1. The van der Waals surface area contributed by atoms with Crippen molar-refractivity contribution in [2.75, 3.05) is 13.2 Å². The lowest BCUT2D eigenvalue weighted by Crippen LogP contribution is -1.99. The van der Waals surface area contributed by atoms with Gasteiger partial charge in [0.15, 0.2) is 11.5 Å². The number of hydrogen-bond donors (Lipinski definition) is 1. The molecule has 2 aromatic rings. The number of ether oxygens (including phenoxy) is 1. The molecular formula is C13H15NO4. The van der Waals surface area contributed by atoms with Crippen LogP contribution in [0.3, 0.4) is 0 Å². The minimum Gasteiger partial charge on any atom is -0.478 e. The molecule has 0 unspecified atom stereocenters. The van der Waals surface area contributed by atoms with Crippen LogP contribution < -0.4 is 0 Å². The lowest BCUT2D eigenvalue weighted by molar-refractivity contribution is 0.0697. The third kappa shape index (κ3) is 2.87. The fourth-order valence-electron chi connectivity index (χ4n) is 1.62. The maximum Gasteiger partial charge on any atom is 0.335 e. The zero-order valence-corrected chi connectivity index (χ0v) is 10.2. The van der Waals surface area contributed by atoms with Gasteiger partial charge in [-0.1, -0.05) is 6.92 Å². The highest BCUT2D eigenvalue weighted by Gasteiger charge is 2.09. The van der Waals surface area contributed by atoms with Gasteiger partial charge in [0, 0.05) is 13.0 Å². The van der Waals surface area contributed by atoms with Gasteiger partial charge in [0.05, 0.1) is 12.2 Å². The molecule has 0 saturated carbocycles. The van der Waals surface area contributed by atoms with Gasteiger partial charge in [-0.2, -0.15) is 0 Å². The normalized spacial score (nSPS) is 10.9. The largest absolute Gasteiger partial charge is 0.478 e. The molecule has 0 aliphatic carbocycles. The number of carboxylic acid groups (broad SMARTS) is 1. The van der Waals surface area contributed by atoms with E-state index in [9.17, 15) is 4.79 Å². The van der Waals surface area contributed by atoms with Crippen LogP contribution in [-0.4, -0.2) is 29.3 Å². The summed E-state index contributed by atoms with van der Waals surface area (Å²) in [5.41, 5.74) is 1.38. The number of fused-ring (bicyclic) bond motifs is 1. The maximum atomic E-state index is 10.8. The van der Waals surface area contributed by atoms with Gasteiger partial charge in [0.1, 0.15) is 5.52 Å². The van der Waals surface area contributed by atoms with Crippen LogP contribution in [0.1, 0.15) is 29.6 Å². The predicted molar refractivity (Wildman–Crippen MR) is 65.8 cm³/mol. The van der Waals surface area contributed by atoms with E-state index in [2.05, 4.69) is 4.98 Å². The molecule has 0 aliphatic rings. The van der Waals surface area contributed by atoms with E-state index in [4.69, 9.17) is 14.3 Å². The molecule has 1 N–H and O–H groups in total. The van der Waals surface area contributed by atoms with Crippen molar-refractivity contribution >= 4 is 17.1 Å². The standard InChI is InChI=1S/C13H15NO4/c1-2-6-17-7-5-12-14-10-8-9(13(15)16)3-4-11(10)18-12/h3-4,8H,2,5-7H2,1H3,(H,15,16). The number of carboxylic acids is 1. The molecule has 1 heterocycles. The van der Waals surface area contributed by atoms with Crippen LogP contribution in [0.4, 0.5) is 0 Å². The summed E-state index contributed by atoms with van der Waals surface area (Å²) in [5.74, 6) is -0.392. The van der Waals surface area contributed by atoms with Crippen LogP contribution in [0.2, 0.25) is 0 Å². The highest BCUT2D eigenvalue weighted by molar-refractivity contribution is 5.91. The van der Waals surface area contributed by atoms with Crippen molar-refractivity contribution in [2.45, 2.75) is 19.8 Å². The van der Waals surface area contributed by atoms with Gasteiger partial charge < -0.3 is 14.3 Å². The van der Waals surface area contributed by atoms with Crippen LogP contribution >= 0.6 is 0 Å². The van der Waals surface area contributed by atoms with Crippen LogP contribution in [0.15, 0.2) is 22.6 Å². The third-order valence-electron chi connectivity index (χ3n) is 2.49. The number of oxazole rings is 1. The first-order valence-electron chi connectivity index (χ1n) is 5.91. The zero-order chi connectivity index (χ0) is 13.0. The van der Waals surface area contributed by atoms with E-state index in [0.717, 1.165) is 13.0 Å². The molecule has 5 nitrogen and oxygen atoms in total. The van der Waals surface area contributed by atoms with Crippen LogP contribution in [0, 0.1) is 0 Å². The molecule has 0 saturated heterocycles. The quantitative estimate of drug-likeness (QED) is 0.796. The van der Waals surface area contributed by atoms with Gasteiger partial charge in [-0.15, -0.1) is 0 Å². The summed E-state index contributed by atoms with van der Waals surface area (Å²) >= 11 is 0. The predicted octanol–water partition coefficient (Wildman–Crippen LogP) is 2.50. The molecule has 96 valence electrons. The van der Waals surface area contributed by atoms with Crippen molar-refractivity contribution in [3.8, 4) is 0 Å². The highest BCUT2D eigenvalue weighted by atomic mass is 16.5. The van der Waals surface area contributed by atoms with Crippen molar-refractivity contribution in [3.05, 3.63) is 29.7 Å². The van der Waals surface area contributed by atoms with Gasteiger partial charge in [0.2, 0.25) is 0 Å². The number of aromatic carboxylic acids is 1. The van der Waals surface area contributed by atoms with E-state index in [0.29, 0.717) is 30.0 Å². The molecule has 0 spiro atoms. The number of hydrogen-bond acceptors (Lipinski definition) is 4. The number of rotatable bonds is 6. The molecule has 0 radical (unpaired) electrons. The molecule has 0 amide bonds. The Morgan fingerprint density at radius 1 is 1.44 bits per heavy atom. The summed E-state index contributed by atoms with van der Waals surface area (Å²) < 4.78 is 10.8. The fourth-order valence-corrected chi connectivity index (χ4v) is 1.62. The van der Waals surface area contributed by atoms with E-state index >= 15 is 0 Å². The molecule has 0 aliphatic heterocycles. The second-order valence-corrected chi connectivity index (χ2v) is 3.96. The van der Waals surface area contributed by atoms with E-state index in [1.54, 1.807) is 6.07 Å². The summed E-state index contributed by atoms with van der Waals surface area (Å²) in [6.45, 7) is 3.34. The minimum absolute atomic E-state index is 0.213. The lowest BCUT2D eigenvalue weighted by Gasteiger charge is -1.98. The second kappa shape index (κ2) is 5.64. The first kappa shape index (κ1) is 12.6. The Morgan fingerprint density at radius 2 is 2.28 bits per heavy atom. The van der Waals surface area contributed by atoms with E-state index in [-0.39, 0.29) is 5.56 Å². The van der Waals surface area contributed by atoms with Crippen molar-refractivity contribution in [3.63, 3.8) is 0 Å². The molecule has 0 bridgehead atoms. The van der Waals surface area contributed by atoms with Gasteiger partial charge in [-0.3, -0.25) is 0 Å². The summed E-state index contributed by atoms with van der Waals surface area (Å²) in [6, 6.07) is 4.65. The molecule has 0 fully saturated rings. The van der Waals surface area contributed by atoms with Crippen molar-refractivity contribution in [2.24, 2.45) is 0 Å². The van der Waals surface area contributed by atoms with Crippen LogP contribution in [0.25, 0.3) is 11.1 Å².